The molecule has 4 aromatic rings. The minimum absolute atomic E-state index is 0.00837. The average Bonchev–Trinajstić information content (AvgIpc) is 2.88. The number of benzene rings is 2. The van der Waals surface area contributed by atoms with Crippen molar-refractivity contribution in [1.29, 1.82) is 0 Å². The van der Waals surface area contributed by atoms with Gasteiger partial charge in [-0.15, -0.1) is 0 Å². The third-order valence-electron chi connectivity index (χ3n) is 6.48. The molecule has 0 spiro atoms. The highest BCUT2D eigenvalue weighted by molar-refractivity contribution is 6.01. The van der Waals surface area contributed by atoms with Crippen LogP contribution in [0.2, 0.25) is 0 Å². The summed E-state index contributed by atoms with van der Waals surface area (Å²) in [6.07, 6.45) is 8.64. The van der Waals surface area contributed by atoms with E-state index in [4.69, 9.17) is 0 Å². The van der Waals surface area contributed by atoms with Crippen molar-refractivity contribution in [3.63, 3.8) is 0 Å². The monoisotopic (exact) mass is 457 g/mol. The number of pyridine rings is 2. The van der Waals surface area contributed by atoms with Gasteiger partial charge in [0.15, 0.2) is 10.9 Å². The number of aromatic amines is 1. The van der Waals surface area contributed by atoms with Gasteiger partial charge in [0.25, 0.3) is 0 Å². The van der Waals surface area contributed by atoms with Gasteiger partial charge < -0.3 is 15.3 Å². The maximum Gasteiger partial charge on any atom is 0.197 e. The summed E-state index contributed by atoms with van der Waals surface area (Å²) in [5.74, 6) is 0. The van der Waals surface area contributed by atoms with E-state index in [9.17, 15) is 9.59 Å². The molecule has 1 atom stereocenters. The van der Waals surface area contributed by atoms with Crippen LogP contribution in [-0.2, 0) is 0 Å². The molecule has 2 aromatic heterocycles. The second-order valence-corrected chi connectivity index (χ2v) is 8.38. The Hall–Kier alpha value is -3.44. The Labute approximate surface area is 200 Å². The van der Waals surface area contributed by atoms with Crippen LogP contribution in [0.3, 0.4) is 0 Å². The number of nitrogens with zero attached hydrogens (tertiary/aromatic N) is 1. The number of para-hydroxylation sites is 1. The number of rotatable bonds is 8. The first-order chi connectivity index (χ1) is 16.5. The van der Waals surface area contributed by atoms with Crippen LogP contribution in [0, 0.1) is 0 Å². The predicted octanol–water partition coefficient (Wildman–Crippen LogP) is 6.39. The number of aromatic nitrogens is 2. The molecule has 0 aliphatic carbocycles. The molecule has 0 radical (unpaired) electrons. The second-order valence-electron chi connectivity index (χ2n) is 8.38. The summed E-state index contributed by atoms with van der Waals surface area (Å²) in [5.41, 5.74) is 7.89. The lowest BCUT2D eigenvalue weighted by Crippen LogP contribution is -2.17. The first-order valence-corrected chi connectivity index (χ1v) is 12.0. The van der Waals surface area contributed by atoms with E-state index in [0.29, 0.717) is 32.9 Å². The number of nitrogens with one attached hydrogen (secondary N) is 1. The van der Waals surface area contributed by atoms with E-state index in [-0.39, 0.29) is 16.9 Å². The Morgan fingerprint density at radius 1 is 0.941 bits per heavy atom. The van der Waals surface area contributed by atoms with Crippen molar-refractivity contribution in [1.82, 2.24) is 9.55 Å². The zero-order valence-electron chi connectivity index (χ0n) is 20.5. The van der Waals surface area contributed by atoms with Gasteiger partial charge in [0.2, 0.25) is 0 Å². The molecule has 3 N–H and O–H groups in total. The SMILES string of the molecule is C=Cc1[nH]c2cc3c(=O)c4ccccc4n(C(CC)CCCCC)c3cc2c(=O)c1C=C.CN. The summed E-state index contributed by atoms with van der Waals surface area (Å²) in [7, 11) is 1.50. The van der Waals surface area contributed by atoms with Crippen molar-refractivity contribution in [3.8, 4) is 0 Å². The highest BCUT2D eigenvalue weighted by Gasteiger charge is 2.19. The van der Waals surface area contributed by atoms with E-state index < -0.39 is 0 Å². The number of unbranched alkanes of at least 4 members (excludes halogenated alkanes) is 2. The number of hydrogen-bond donors (Lipinski definition) is 2. The fraction of sp³-hybridized carbons (Fsp3) is 0.310. The van der Waals surface area contributed by atoms with E-state index in [1.54, 1.807) is 12.2 Å². The standard InChI is InChI=1S/C28H30N2O2.CH5N/c1-5-9-10-13-18(6-2)30-25-15-12-11-14-20(25)28(32)22-16-24-21(17-26(22)30)27(31)19(7-3)23(8-4)29-24;1-2/h7-8,11-12,14-18H,3-6,9-10,13H2,1-2H3,(H,29,31);2H2,1H3. The van der Waals surface area contributed by atoms with E-state index >= 15 is 0 Å². The lowest BCUT2D eigenvalue weighted by Gasteiger charge is -2.24. The van der Waals surface area contributed by atoms with Crippen LogP contribution in [0.5, 0.6) is 0 Å². The van der Waals surface area contributed by atoms with Crippen LogP contribution in [0.4, 0.5) is 0 Å². The van der Waals surface area contributed by atoms with E-state index in [0.717, 1.165) is 36.7 Å². The third kappa shape index (κ3) is 4.36. The first kappa shape index (κ1) is 25.2. The van der Waals surface area contributed by atoms with Crippen LogP contribution in [0.15, 0.2) is 59.1 Å². The molecule has 4 rings (SSSR count). The quantitative estimate of drug-likeness (QED) is 0.238. The molecule has 0 aliphatic rings. The zero-order valence-corrected chi connectivity index (χ0v) is 20.5. The van der Waals surface area contributed by atoms with Gasteiger partial charge in [-0.3, -0.25) is 9.59 Å². The van der Waals surface area contributed by atoms with Crippen LogP contribution in [0.1, 0.15) is 63.3 Å². The van der Waals surface area contributed by atoms with E-state index in [1.165, 1.54) is 13.5 Å². The molecular weight excluding hydrogens is 422 g/mol. The fourth-order valence-corrected chi connectivity index (χ4v) is 4.79. The highest BCUT2D eigenvalue weighted by Crippen LogP contribution is 2.30. The number of fused-ring (bicyclic) bond motifs is 3. The molecule has 0 fully saturated rings. The van der Waals surface area contributed by atoms with Gasteiger partial charge in [-0.2, -0.15) is 0 Å². The van der Waals surface area contributed by atoms with Gasteiger partial charge in [0, 0.05) is 33.5 Å². The van der Waals surface area contributed by atoms with Gasteiger partial charge in [0.1, 0.15) is 0 Å². The number of H-pyrrole nitrogens is 1. The van der Waals surface area contributed by atoms with Crippen LogP contribution in [0.25, 0.3) is 44.9 Å². The summed E-state index contributed by atoms with van der Waals surface area (Å²) in [4.78, 5) is 30.0. The van der Waals surface area contributed by atoms with Crippen molar-refractivity contribution in [2.45, 2.75) is 52.0 Å². The Bertz CT molecular complexity index is 1460. The summed E-state index contributed by atoms with van der Waals surface area (Å²) < 4.78 is 2.29. The molecule has 178 valence electrons. The topological polar surface area (TPSA) is 80.9 Å². The van der Waals surface area contributed by atoms with Crippen molar-refractivity contribution in [2.75, 3.05) is 7.05 Å². The molecule has 5 heteroatoms. The van der Waals surface area contributed by atoms with Gasteiger partial charge in [-0.05, 0) is 50.2 Å². The summed E-state index contributed by atoms with van der Waals surface area (Å²) in [5, 5.41) is 1.90. The van der Waals surface area contributed by atoms with Gasteiger partial charge in [0.05, 0.1) is 16.6 Å². The van der Waals surface area contributed by atoms with Crippen molar-refractivity contribution < 1.29 is 0 Å². The molecule has 2 heterocycles. The van der Waals surface area contributed by atoms with Crippen LogP contribution in [-0.4, -0.2) is 16.6 Å². The molecule has 0 saturated carbocycles. The Morgan fingerprint density at radius 2 is 1.68 bits per heavy atom. The zero-order chi connectivity index (χ0) is 24.8. The maximum absolute atomic E-state index is 13.5. The first-order valence-electron chi connectivity index (χ1n) is 12.0. The van der Waals surface area contributed by atoms with Gasteiger partial charge in [-0.25, -0.2) is 0 Å². The molecule has 0 saturated heterocycles. The van der Waals surface area contributed by atoms with Crippen molar-refractivity contribution in [3.05, 3.63) is 81.3 Å². The average molecular weight is 458 g/mol. The van der Waals surface area contributed by atoms with Crippen LogP contribution >= 0.6 is 0 Å². The van der Waals surface area contributed by atoms with Gasteiger partial charge >= 0.3 is 0 Å². The Morgan fingerprint density at radius 3 is 2.32 bits per heavy atom. The fourth-order valence-electron chi connectivity index (χ4n) is 4.79. The highest BCUT2D eigenvalue weighted by atomic mass is 16.1. The minimum Gasteiger partial charge on any atom is -0.354 e. The second kappa shape index (κ2) is 11.1. The summed E-state index contributed by atoms with van der Waals surface area (Å²) in [6, 6.07) is 11.8. The normalized spacial score (nSPS) is 11.9. The van der Waals surface area contributed by atoms with Crippen molar-refractivity contribution in [2.24, 2.45) is 5.73 Å². The molecule has 5 nitrogen and oxygen atoms in total. The number of hydrogen-bond acceptors (Lipinski definition) is 3. The number of nitrogens with two attached hydrogens (primary N) is 1. The maximum atomic E-state index is 13.5. The van der Waals surface area contributed by atoms with Crippen LogP contribution < -0.4 is 16.6 Å². The van der Waals surface area contributed by atoms with E-state index in [2.05, 4.69) is 42.3 Å². The summed E-state index contributed by atoms with van der Waals surface area (Å²) in [6.45, 7) is 12.0. The lowest BCUT2D eigenvalue weighted by molar-refractivity contribution is 0.450. The molecule has 0 aliphatic heterocycles. The molecule has 0 amide bonds. The molecule has 34 heavy (non-hydrogen) atoms. The largest absolute Gasteiger partial charge is 0.354 e. The van der Waals surface area contributed by atoms with Crippen molar-refractivity contribution >= 4 is 44.9 Å². The molecular formula is C29H35N3O2. The Kier molecular flexibility index (Phi) is 8.24. The summed E-state index contributed by atoms with van der Waals surface area (Å²) >= 11 is 0. The van der Waals surface area contributed by atoms with Gasteiger partial charge in [-0.1, -0.05) is 64.5 Å². The Balaban J connectivity index is 0.00000158. The third-order valence-corrected chi connectivity index (χ3v) is 6.48. The smallest absolute Gasteiger partial charge is 0.197 e. The van der Waals surface area contributed by atoms with E-state index in [1.807, 2.05) is 36.4 Å². The predicted molar refractivity (Wildman–Crippen MR) is 148 cm³/mol. The minimum atomic E-state index is -0.100. The lowest BCUT2D eigenvalue weighted by atomic mass is 10.0. The molecule has 0 bridgehead atoms. The molecule has 1 unspecified atom stereocenters. The molecule has 2 aromatic carbocycles.